The molecule has 0 fully saturated rings. The van der Waals surface area contributed by atoms with Gasteiger partial charge >= 0.3 is 0 Å². The van der Waals surface area contributed by atoms with Crippen molar-refractivity contribution in [3.05, 3.63) is 24.3 Å². The quantitative estimate of drug-likeness (QED) is 0.264. The number of benzene rings is 1. The zero-order valence-corrected chi connectivity index (χ0v) is 9.77. The molecule has 9 heteroatoms. The summed E-state index contributed by atoms with van der Waals surface area (Å²) >= 11 is 0. The molecule has 0 aliphatic heterocycles. The third-order valence-electron chi connectivity index (χ3n) is 1.81. The molecular formula is C9H9N5O3S. The van der Waals surface area contributed by atoms with Crippen LogP contribution in [0.4, 0.5) is 5.69 Å². The second-order valence-electron chi connectivity index (χ2n) is 3.10. The summed E-state index contributed by atoms with van der Waals surface area (Å²) in [4.78, 5) is -0.260. The van der Waals surface area contributed by atoms with Crippen molar-refractivity contribution in [3.63, 3.8) is 0 Å². The molecule has 0 saturated carbocycles. The highest BCUT2D eigenvalue weighted by molar-refractivity contribution is 7.85. The molecule has 0 aliphatic rings. The van der Waals surface area contributed by atoms with Crippen molar-refractivity contribution >= 4 is 27.4 Å². The molecule has 5 N–H and O–H groups in total. The lowest BCUT2D eigenvalue weighted by molar-refractivity contribution is 0.483. The lowest BCUT2D eigenvalue weighted by Crippen LogP contribution is -2.21. The smallest absolute Gasteiger partial charge is 0.294 e. The molecule has 0 aromatic heterocycles. The van der Waals surface area contributed by atoms with Gasteiger partial charge in [-0.1, -0.05) is 0 Å². The predicted molar refractivity (Wildman–Crippen MR) is 64.8 cm³/mol. The topological polar surface area (TPSA) is 152 Å². The van der Waals surface area contributed by atoms with Gasteiger partial charge in [-0.25, -0.2) is 0 Å². The molecule has 18 heavy (non-hydrogen) atoms. The van der Waals surface area contributed by atoms with Crippen LogP contribution >= 0.6 is 0 Å². The minimum absolute atomic E-state index is 0.260. The average Bonchev–Trinajstić information content (AvgIpc) is 2.29. The Bertz CT molecular complexity index is 627. The molecule has 0 spiro atoms. The number of nitriles is 1. The SMILES string of the molecule is N#C/C(=N\Nc1ccc(S(=O)(=O)O)cc1)C(=N)N. The molecular weight excluding hydrogens is 258 g/mol. The van der Waals surface area contributed by atoms with Gasteiger partial charge in [-0.3, -0.25) is 15.4 Å². The molecule has 8 nitrogen and oxygen atoms in total. The highest BCUT2D eigenvalue weighted by Gasteiger charge is 2.08. The number of nitrogens with two attached hydrogens (primary N) is 1. The van der Waals surface area contributed by atoms with Gasteiger partial charge < -0.3 is 5.73 Å². The van der Waals surface area contributed by atoms with Gasteiger partial charge in [0.05, 0.1) is 10.6 Å². The van der Waals surface area contributed by atoms with Gasteiger partial charge in [-0.2, -0.15) is 18.8 Å². The summed E-state index contributed by atoms with van der Waals surface area (Å²) in [5.41, 5.74) is 7.57. The van der Waals surface area contributed by atoms with Crippen molar-refractivity contribution < 1.29 is 13.0 Å². The summed E-state index contributed by atoms with van der Waals surface area (Å²) in [6, 6.07) is 6.60. The van der Waals surface area contributed by atoms with Crippen LogP contribution in [0.3, 0.4) is 0 Å². The fraction of sp³-hybridized carbons (Fsp3) is 0. The Morgan fingerprint density at radius 2 is 2.00 bits per heavy atom. The number of nitrogens with one attached hydrogen (secondary N) is 2. The monoisotopic (exact) mass is 267 g/mol. The lowest BCUT2D eigenvalue weighted by atomic mass is 10.3. The first-order valence-electron chi connectivity index (χ1n) is 4.50. The van der Waals surface area contributed by atoms with Crippen LogP contribution in [0.1, 0.15) is 0 Å². The van der Waals surface area contributed by atoms with Gasteiger partial charge in [0, 0.05) is 0 Å². The Kier molecular flexibility index (Phi) is 3.98. The van der Waals surface area contributed by atoms with Crippen LogP contribution in [0.2, 0.25) is 0 Å². The number of hydrazone groups is 1. The maximum Gasteiger partial charge on any atom is 0.294 e. The van der Waals surface area contributed by atoms with Crippen molar-refractivity contribution in [2.45, 2.75) is 4.90 Å². The first-order valence-corrected chi connectivity index (χ1v) is 5.94. The third kappa shape index (κ3) is 3.55. The van der Waals surface area contributed by atoms with E-state index in [2.05, 4.69) is 10.5 Å². The zero-order chi connectivity index (χ0) is 13.8. The summed E-state index contributed by atoms with van der Waals surface area (Å²) in [5.74, 6) is -0.487. The number of anilines is 1. The van der Waals surface area contributed by atoms with E-state index in [4.69, 9.17) is 21.0 Å². The molecule has 0 atom stereocenters. The Morgan fingerprint density at radius 3 is 2.39 bits per heavy atom. The highest BCUT2D eigenvalue weighted by atomic mass is 32.2. The van der Waals surface area contributed by atoms with Crippen molar-refractivity contribution in [1.29, 1.82) is 10.7 Å². The van der Waals surface area contributed by atoms with E-state index in [1.165, 1.54) is 12.1 Å². The van der Waals surface area contributed by atoms with E-state index in [0.717, 1.165) is 12.1 Å². The fourth-order valence-electron chi connectivity index (χ4n) is 0.967. The minimum Gasteiger partial charge on any atom is -0.382 e. The molecule has 94 valence electrons. The molecule has 0 unspecified atom stereocenters. The average molecular weight is 267 g/mol. The first kappa shape index (κ1) is 13.6. The molecule has 1 aromatic rings. The number of amidine groups is 1. The third-order valence-corrected chi connectivity index (χ3v) is 2.68. The molecule has 0 amide bonds. The van der Waals surface area contributed by atoms with Crippen LogP contribution < -0.4 is 11.2 Å². The fourth-order valence-corrected chi connectivity index (χ4v) is 1.45. The molecule has 0 radical (unpaired) electrons. The zero-order valence-electron chi connectivity index (χ0n) is 8.95. The van der Waals surface area contributed by atoms with Crippen molar-refractivity contribution in [1.82, 2.24) is 0 Å². The van der Waals surface area contributed by atoms with Crippen LogP contribution in [0, 0.1) is 16.7 Å². The molecule has 0 aliphatic carbocycles. The summed E-state index contributed by atoms with van der Waals surface area (Å²) < 4.78 is 30.3. The molecule has 0 bridgehead atoms. The highest BCUT2D eigenvalue weighted by Crippen LogP contribution is 2.13. The number of rotatable bonds is 4. The number of hydrogen-bond donors (Lipinski definition) is 4. The molecule has 1 rings (SSSR count). The van der Waals surface area contributed by atoms with E-state index < -0.39 is 16.0 Å². The lowest BCUT2D eigenvalue weighted by Gasteiger charge is -2.02. The van der Waals surface area contributed by atoms with Crippen LogP contribution in [-0.2, 0) is 10.1 Å². The predicted octanol–water partition coefficient (Wildman–Crippen LogP) is 0.161. The summed E-state index contributed by atoms with van der Waals surface area (Å²) in [5, 5.41) is 19.1. The van der Waals surface area contributed by atoms with Crippen LogP contribution in [0.5, 0.6) is 0 Å². The normalized spacial score (nSPS) is 11.7. The number of nitrogens with zero attached hydrogens (tertiary/aromatic N) is 2. The van der Waals surface area contributed by atoms with Gasteiger partial charge in [0.2, 0.25) is 5.71 Å². The Morgan fingerprint density at radius 1 is 1.44 bits per heavy atom. The standard InChI is InChI=1S/C9H9N5O3S/c10-5-8(9(11)12)14-13-6-1-3-7(4-2-6)18(15,16)17/h1-4,13H,(H3,11,12)(H,15,16,17)/b14-8+. The van der Waals surface area contributed by atoms with Gasteiger partial charge in [0.1, 0.15) is 6.07 Å². The summed E-state index contributed by atoms with van der Waals surface area (Å²) in [6.07, 6.45) is 0. The second kappa shape index (κ2) is 5.26. The summed E-state index contributed by atoms with van der Waals surface area (Å²) in [6.45, 7) is 0. The van der Waals surface area contributed by atoms with Crippen molar-refractivity contribution in [3.8, 4) is 6.07 Å². The summed E-state index contributed by atoms with van der Waals surface area (Å²) in [7, 11) is -4.24. The van der Waals surface area contributed by atoms with Gasteiger partial charge in [-0.15, -0.1) is 0 Å². The van der Waals surface area contributed by atoms with E-state index in [-0.39, 0.29) is 10.6 Å². The van der Waals surface area contributed by atoms with E-state index in [9.17, 15) is 8.42 Å². The molecule has 1 aromatic carbocycles. The Labute approximate surface area is 103 Å². The van der Waals surface area contributed by atoms with Crippen LogP contribution in [0.15, 0.2) is 34.3 Å². The van der Waals surface area contributed by atoms with Crippen LogP contribution in [-0.4, -0.2) is 24.5 Å². The second-order valence-corrected chi connectivity index (χ2v) is 4.52. The van der Waals surface area contributed by atoms with Gasteiger partial charge in [0.15, 0.2) is 5.84 Å². The Hall–Kier alpha value is -2.44. The van der Waals surface area contributed by atoms with Crippen molar-refractivity contribution in [2.75, 3.05) is 5.43 Å². The molecule has 0 heterocycles. The van der Waals surface area contributed by atoms with Gasteiger partial charge in [-0.05, 0) is 24.3 Å². The van der Waals surface area contributed by atoms with E-state index in [1.54, 1.807) is 6.07 Å². The minimum atomic E-state index is -4.24. The Balaban J connectivity index is 2.89. The van der Waals surface area contributed by atoms with Crippen LogP contribution in [0.25, 0.3) is 0 Å². The maximum atomic E-state index is 10.8. The largest absolute Gasteiger partial charge is 0.382 e. The first-order chi connectivity index (χ1) is 8.34. The van der Waals surface area contributed by atoms with E-state index in [0.29, 0.717) is 5.69 Å². The maximum absolute atomic E-state index is 10.8. The van der Waals surface area contributed by atoms with E-state index >= 15 is 0 Å². The van der Waals surface area contributed by atoms with Crippen molar-refractivity contribution in [2.24, 2.45) is 10.8 Å². The molecule has 0 saturated heterocycles. The van der Waals surface area contributed by atoms with E-state index in [1.807, 2.05) is 0 Å². The van der Waals surface area contributed by atoms with Gasteiger partial charge in [0.25, 0.3) is 10.1 Å². The number of hydrogen-bond acceptors (Lipinski definition) is 6.